The Morgan fingerprint density at radius 2 is 0.552 bits per heavy atom. The monoisotopic (exact) mass is 738 g/mol. The number of para-hydroxylation sites is 6. The first kappa shape index (κ1) is 31.4. The first-order valence-corrected chi connectivity index (χ1v) is 20.0. The molecule has 0 aliphatic rings. The summed E-state index contributed by atoms with van der Waals surface area (Å²) < 4.78 is 9.88. The zero-order valence-electron chi connectivity index (χ0n) is 31.4. The van der Waals surface area contributed by atoms with Gasteiger partial charge in [0.15, 0.2) is 0 Å². The Labute approximate surface area is 333 Å². The Hall–Kier alpha value is -7.82. The molecular formula is C54H34N4. The Morgan fingerprint density at radius 3 is 1.05 bits per heavy atom. The molecule has 4 nitrogen and oxygen atoms in total. The maximum Gasteiger partial charge on any atom is 0.0642 e. The molecule has 0 amide bonds. The quantitative estimate of drug-likeness (QED) is 0.171. The highest BCUT2D eigenvalue weighted by Gasteiger charge is 2.25. The average Bonchev–Trinajstić information content (AvgIpc) is 4.02. The van der Waals surface area contributed by atoms with Crippen molar-refractivity contribution in [1.82, 2.24) is 18.3 Å². The first-order chi connectivity index (χ1) is 28.8. The van der Waals surface area contributed by atoms with E-state index < -0.39 is 0 Å². The van der Waals surface area contributed by atoms with Crippen LogP contribution in [0.4, 0.5) is 0 Å². The van der Waals surface area contributed by atoms with E-state index in [2.05, 4.69) is 225 Å². The van der Waals surface area contributed by atoms with Crippen molar-refractivity contribution in [3.8, 4) is 22.7 Å². The van der Waals surface area contributed by atoms with Crippen molar-refractivity contribution in [3.05, 3.63) is 206 Å². The van der Waals surface area contributed by atoms with Gasteiger partial charge in [-0.05, 0) is 84.9 Å². The standard InChI is InChI=1S/C54H34N4/c1-4-16-35(17-5-1)55-45-25-13-12-24-41(45)44-34-38(28-31-48(44)55)58-47-27-15-11-23-40(47)43-30-33-50-52(54(43)58)51-49(56(50)36-18-6-2-7-19-36)32-29-42-39-22-10-14-26-46(39)57(53(42)51)37-20-8-3-9-21-37/h1-34H. The highest BCUT2D eigenvalue weighted by atomic mass is 15.0. The van der Waals surface area contributed by atoms with Gasteiger partial charge in [-0.1, -0.05) is 121 Å². The summed E-state index contributed by atoms with van der Waals surface area (Å²) >= 11 is 0. The number of rotatable bonds is 4. The van der Waals surface area contributed by atoms with Crippen LogP contribution >= 0.6 is 0 Å². The molecule has 4 heteroatoms. The van der Waals surface area contributed by atoms with Crippen LogP contribution in [0.1, 0.15) is 0 Å². The molecule has 0 radical (unpaired) electrons. The predicted octanol–water partition coefficient (Wildman–Crippen LogP) is 14.1. The molecule has 0 spiro atoms. The Balaban J connectivity index is 1.25. The van der Waals surface area contributed by atoms with Crippen LogP contribution < -0.4 is 0 Å². The number of nitrogens with zero attached hydrogens (tertiary/aromatic N) is 4. The first-order valence-electron chi connectivity index (χ1n) is 20.0. The summed E-state index contributed by atoms with van der Waals surface area (Å²) in [6, 6.07) is 75.4. The summed E-state index contributed by atoms with van der Waals surface area (Å²) in [7, 11) is 0. The van der Waals surface area contributed by atoms with Gasteiger partial charge < -0.3 is 18.3 Å². The highest BCUT2D eigenvalue weighted by Crippen LogP contribution is 2.47. The third-order valence-corrected chi connectivity index (χ3v) is 12.3. The van der Waals surface area contributed by atoms with Crippen LogP contribution in [0.25, 0.3) is 110 Å². The Morgan fingerprint density at radius 1 is 0.207 bits per heavy atom. The molecule has 0 atom stereocenters. The largest absolute Gasteiger partial charge is 0.309 e. The van der Waals surface area contributed by atoms with E-state index in [0.29, 0.717) is 0 Å². The van der Waals surface area contributed by atoms with Crippen molar-refractivity contribution < 1.29 is 0 Å². The van der Waals surface area contributed by atoms with E-state index in [9.17, 15) is 0 Å². The molecule has 13 rings (SSSR count). The van der Waals surface area contributed by atoms with E-state index in [1.165, 1.54) is 87.2 Å². The minimum Gasteiger partial charge on any atom is -0.309 e. The molecule has 0 aliphatic heterocycles. The van der Waals surface area contributed by atoms with Crippen LogP contribution in [-0.2, 0) is 0 Å². The average molecular weight is 739 g/mol. The predicted molar refractivity (Wildman–Crippen MR) is 244 cm³/mol. The molecule has 0 N–H and O–H groups in total. The molecule has 58 heavy (non-hydrogen) atoms. The molecule has 0 saturated carbocycles. The van der Waals surface area contributed by atoms with Gasteiger partial charge in [-0.15, -0.1) is 0 Å². The smallest absolute Gasteiger partial charge is 0.0642 e. The van der Waals surface area contributed by atoms with Crippen molar-refractivity contribution in [3.63, 3.8) is 0 Å². The van der Waals surface area contributed by atoms with Gasteiger partial charge in [-0.3, -0.25) is 0 Å². The molecule has 4 aromatic heterocycles. The molecule has 13 aromatic rings. The number of fused-ring (bicyclic) bond motifs is 14. The molecule has 0 fully saturated rings. The van der Waals surface area contributed by atoms with Gasteiger partial charge in [0.2, 0.25) is 0 Å². The van der Waals surface area contributed by atoms with Gasteiger partial charge in [0, 0.05) is 65.8 Å². The lowest BCUT2D eigenvalue weighted by atomic mass is 10.0. The summed E-state index contributed by atoms with van der Waals surface area (Å²) in [5.41, 5.74) is 14.1. The van der Waals surface area contributed by atoms with Gasteiger partial charge in [0.05, 0.1) is 44.1 Å². The van der Waals surface area contributed by atoms with Crippen molar-refractivity contribution in [2.45, 2.75) is 0 Å². The second-order valence-electron chi connectivity index (χ2n) is 15.3. The minimum absolute atomic E-state index is 1.14. The molecule has 4 heterocycles. The van der Waals surface area contributed by atoms with Crippen LogP contribution in [0.3, 0.4) is 0 Å². The number of hydrogen-bond donors (Lipinski definition) is 0. The fourth-order valence-corrected chi connectivity index (χ4v) is 10.0. The highest BCUT2D eigenvalue weighted by molar-refractivity contribution is 6.33. The van der Waals surface area contributed by atoms with E-state index in [1.807, 2.05) is 0 Å². The zero-order chi connectivity index (χ0) is 37.9. The second-order valence-corrected chi connectivity index (χ2v) is 15.3. The molecule has 270 valence electrons. The van der Waals surface area contributed by atoms with Crippen molar-refractivity contribution in [1.29, 1.82) is 0 Å². The summed E-state index contributed by atoms with van der Waals surface area (Å²) in [5.74, 6) is 0. The molecule has 9 aromatic carbocycles. The molecule has 0 aliphatic carbocycles. The van der Waals surface area contributed by atoms with Crippen LogP contribution in [0.5, 0.6) is 0 Å². The van der Waals surface area contributed by atoms with Crippen LogP contribution in [0, 0.1) is 0 Å². The van der Waals surface area contributed by atoms with E-state index in [0.717, 1.165) is 22.7 Å². The fourth-order valence-electron chi connectivity index (χ4n) is 10.0. The van der Waals surface area contributed by atoms with E-state index >= 15 is 0 Å². The van der Waals surface area contributed by atoms with E-state index in [1.54, 1.807) is 0 Å². The van der Waals surface area contributed by atoms with Gasteiger partial charge in [-0.25, -0.2) is 0 Å². The van der Waals surface area contributed by atoms with Crippen LogP contribution in [-0.4, -0.2) is 18.3 Å². The molecular weight excluding hydrogens is 705 g/mol. The van der Waals surface area contributed by atoms with Gasteiger partial charge >= 0.3 is 0 Å². The maximum absolute atomic E-state index is 2.53. The Bertz CT molecular complexity index is 3770. The van der Waals surface area contributed by atoms with Crippen LogP contribution in [0.15, 0.2) is 206 Å². The van der Waals surface area contributed by atoms with E-state index in [-0.39, 0.29) is 0 Å². The van der Waals surface area contributed by atoms with Crippen molar-refractivity contribution in [2.24, 2.45) is 0 Å². The van der Waals surface area contributed by atoms with Gasteiger partial charge in [0.1, 0.15) is 0 Å². The lowest BCUT2D eigenvalue weighted by Crippen LogP contribution is -1.96. The summed E-state index contributed by atoms with van der Waals surface area (Å²) in [6.45, 7) is 0. The third-order valence-electron chi connectivity index (χ3n) is 12.3. The van der Waals surface area contributed by atoms with E-state index in [4.69, 9.17) is 0 Å². The fraction of sp³-hybridized carbons (Fsp3) is 0. The summed E-state index contributed by atoms with van der Waals surface area (Å²) in [4.78, 5) is 0. The van der Waals surface area contributed by atoms with Gasteiger partial charge in [0.25, 0.3) is 0 Å². The topological polar surface area (TPSA) is 19.7 Å². The third kappa shape index (κ3) is 4.18. The van der Waals surface area contributed by atoms with Gasteiger partial charge in [-0.2, -0.15) is 0 Å². The lowest BCUT2D eigenvalue weighted by Gasteiger charge is -2.12. The molecule has 0 bridgehead atoms. The number of hydrogen-bond acceptors (Lipinski definition) is 0. The normalized spacial score (nSPS) is 12.1. The van der Waals surface area contributed by atoms with Crippen molar-refractivity contribution in [2.75, 3.05) is 0 Å². The number of benzene rings is 9. The lowest BCUT2D eigenvalue weighted by molar-refractivity contribution is 1.17. The molecule has 0 unspecified atom stereocenters. The zero-order valence-corrected chi connectivity index (χ0v) is 31.4. The molecule has 0 saturated heterocycles. The Kier molecular flexibility index (Phi) is 6.41. The summed E-state index contributed by atoms with van der Waals surface area (Å²) in [5, 5.41) is 9.92. The minimum atomic E-state index is 1.14. The second kappa shape index (κ2) is 11.8. The van der Waals surface area contributed by atoms with Crippen molar-refractivity contribution >= 4 is 87.2 Å². The SMILES string of the molecule is c1ccc(-n2c3ccccc3c3cc(-n4c5ccccc5c5ccc6c(c7c(ccc8c9ccccc9n(-c9ccccc9)c87)n6-c6ccccc6)c54)ccc32)cc1. The summed E-state index contributed by atoms with van der Waals surface area (Å²) in [6.07, 6.45) is 0. The maximum atomic E-state index is 2.53. The number of aromatic nitrogens is 4. The van der Waals surface area contributed by atoms with Crippen LogP contribution in [0.2, 0.25) is 0 Å².